The molecule has 1 fully saturated rings. The second-order valence-electron chi connectivity index (χ2n) is 4.77. The molecule has 2 rings (SSSR count). The number of halogens is 1. The molecule has 3 atom stereocenters. The lowest BCUT2D eigenvalue weighted by molar-refractivity contribution is -0.200. The summed E-state index contributed by atoms with van der Waals surface area (Å²) in [6, 6.07) is 0. The van der Waals surface area contributed by atoms with Crippen LogP contribution >= 0.6 is 0 Å². The van der Waals surface area contributed by atoms with Crippen molar-refractivity contribution in [1.29, 1.82) is 0 Å². The highest BCUT2D eigenvalue weighted by atomic mass is 19.3. The average Bonchev–Trinajstić information content (AvgIpc) is 2.83. The fourth-order valence-corrected chi connectivity index (χ4v) is 2.11. The van der Waals surface area contributed by atoms with Crippen LogP contribution in [0.15, 0.2) is 15.8 Å². The quantitative estimate of drug-likeness (QED) is 0.784. The first-order valence-corrected chi connectivity index (χ1v) is 6.30. The molecule has 1 aromatic rings. The summed E-state index contributed by atoms with van der Waals surface area (Å²) in [5.41, 5.74) is -0.843. The molecule has 2 heterocycles. The largest absolute Gasteiger partial charge is 0.463 e. The van der Waals surface area contributed by atoms with E-state index < -0.39 is 35.7 Å². The van der Waals surface area contributed by atoms with E-state index in [1.165, 1.54) is 20.0 Å². The predicted octanol–water partition coefficient (Wildman–Crippen LogP) is -0.0347. The zero-order valence-electron chi connectivity index (χ0n) is 11.5. The van der Waals surface area contributed by atoms with Crippen LogP contribution in [0.3, 0.4) is 0 Å². The Hall–Kier alpha value is -2.00. The molecule has 0 saturated carbocycles. The van der Waals surface area contributed by atoms with Gasteiger partial charge in [-0.1, -0.05) is 0 Å². The van der Waals surface area contributed by atoms with E-state index in [0.29, 0.717) is 5.56 Å². The first kappa shape index (κ1) is 15.4. The molecule has 9 heteroatoms. The zero-order chi connectivity index (χ0) is 15.6. The third-order valence-corrected chi connectivity index (χ3v) is 3.20. The monoisotopic (exact) mass is 302 g/mol. The molecule has 1 N–H and O–H groups in total. The maximum Gasteiger partial charge on any atom is 0.330 e. The van der Waals surface area contributed by atoms with Crippen LogP contribution in [0.5, 0.6) is 0 Å². The summed E-state index contributed by atoms with van der Waals surface area (Å²) >= 11 is 0. The molecule has 0 spiro atoms. The van der Waals surface area contributed by atoms with Gasteiger partial charge in [0.05, 0.1) is 0 Å². The van der Waals surface area contributed by atoms with Gasteiger partial charge in [-0.3, -0.25) is 19.1 Å². The Kier molecular flexibility index (Phi) is 4.53. The van der Waals surface area contributed by atoms with Crippen molar-refractivity contribution in [3.63, 3.8) is 0 Å². The van der Waals surface area contributed by atoms with E-state index in [9.17, 15) is 18.9 Å². The van der Waals surface area contributed by atoms with Crippen molar-refractivity contribution in [1.82, 2.24) is 9.55 Å². The molecule has 1 aliphatic rings. The standard InChI is InChI=1S/C12H15FN2O6/c1-6-4-15(12(18)14-11(6)17)10-3-8(21-13)9(20-10)5-19-7(2)16/h4,8-10H,3,5H2,1-2H3,(H,14,17,18)/t8?,9-,10-/m1/s1. The van der Waals surface area contributed by atoms with Crippen molar-refractivity contribution in [3.05, 3.63) is 32.6 Å². The Labute approximate surface area is 118 Å². The number of carbonyl (C=O) groups is 1. The van der Waals surface area contributed by atoms with E-state index in [2.05, 4.69) is 9.93 Å². The minimum atomic E-state index is -0.964. The maximum atomic E-state index is 12.5. The van der Waals surface area contributed by atoms with Crippen molar-refractivity contribution in [2.45, 2.75) is 38.7 Å². The van der Waals surface area contributed by atoms with Gasteiger partial charge in [-0.05, 0) is 11.4 Å². The third-order valence-electron chi connectivity index (χ3n) is 3.20. The van der Waals surface area contributed by atoms with E-state index in [4.69, 9.17) is 9.47 Å². The van der Waals surface area contributed by atoms with Gasteiger partial charge in [0, 0.05) is 25.1 Å². The van der Waals surface area contributed by atoms with E-state index >= 15 is 0 Å². The zero-order valence-corrected chi connectivity index (χ0v) is 11.5. The summed E-state index contributed by atoms with van der Waals surface area (Å²) in [6.45, 7) is 2.56. The number of aromatic amines is 1. The Morgan fingerprint density at radius 2 is 2.29 bits per heavy atom. The third kappa shape index (κ3) is 3.37. The highest BCUT2D eigenvalue weighted by molar-refractivity contribution is 5.65. The molecule has 8 nitrogen and oxygen atoms in total. The number of hydrogen-bond acceptors (Lipinski definition) is 6. The van der Waals surface area contributed by atoms with Gasteiger partial charge in [-0.15, -0.1) is 0 Å². The molecule has 0 bridgehead atoms. The van der Waals surface area contributed by atoms with Gasteiger partial charge in [0.2, 0.25) is 0 Å². The number of H-pyrrole nitrogens is 1. The van der Waals surface area contributed by atoms with Crippen LogP contribution in [-0.4, -0.2) is 34.3 Å². The summed E-state index contributed by atoms with van der Waals surface area (Å²) in [4.78, 5) is 39.8. The number of hydrogen-bond donors (Lipinski definition) is 1. The summed E-state index contributed by atoms with van der Waals surface area (Å²) in [6.07, 6.45) is -1.23. The highest BCUT2D eigenvalue weighted by Crippen LogP contribution is 2.30. The average molecular weight is 302 g/mol. The number of rotatable bonds is 4. The second-order valence-corrected chi connectivity index (χ2v) is 4.77. The Morgan fingerprint density at radius 3 is 2.90 bits per heavy atom. The fourth-order valence-electron chi connectivity index (χ4n) is 2.11. The SMILES string of the molecule is CC(=O)OC[C@H]1O[C@@H](n2cc(C)c(=O)[nH]c2=O)CC1OF. The first-order valence-electron chi connectivity index (χ1n) is 6.30. The number of esters is 1. The number of aryl methyl sites for hydroxylation is 1. The van der Waals surface area contributed by atoms with Gasteiger partial charge in [0.1, 0.15) is 25.0 Å². The van der Waals surface area contributed by atoms with E-state index in [1.807, 2.05) is 0 Å². The molecule has 1 aliphatic heterocycles. The number of carbonyl (C=O) groups excluding carboxylic acids is 1. The van der Waals surface area contributed by atoms with Crippen LogP contribution < -0.4 is 11.2 Å². The Balaban J connectivity index is 2.19. The van der Waals surface area contributed by atoms with Gasteiger partial charge in [-0.25, -0.2) is 4.79 Å². The lowest BCUT2D eigenvalue weighted by Gasteiger charge is -2.16. The summed E-state index contributed by atoms with van der Waals surface area (Å²) in [5.74, 6) is -0.531. The van der Waals surface area contributed by atoms with Crippen molar-refractivity contribution in [2.24, 2.45) is 0 Å². The van der Waals surface area contributed by atoms with Crippen LogP contribution in [0.4, 0.5) is 4.53 Å². The molecule has 1 aromatic heterocycles. The molecule has 0 aliphatic carbocycles. The van der Waals surface area contributed by atoms with Crippen LogP contribution in [0.2, 0.25) is 0 Å². The summed E-state index contributed by atoms with van der Waals surface area (Å²) < 4.78 is 23.9. The molecule has 1 unspecified atom stereocenters. The maximum absolute atomic E-state index is 12.5. The topological polar surface area (TPSA) is 99.6 Å². The molecule has 1 saturated heterocycles. The lowest BCUT2D eigenvalue weighted by atomic mass is 10.2. The predicted molar refractivity (Wildman–Crippen MR) is 67.2 cm³/mol. The summed E-state index contributed by atoms with van der Waals surface area (Å²) in [7, 11) is 0. The highest BCUT2D eigenvalue weighted by Gasteiger charge is 2.39. The van der Waals surface area contributed by atoms with Crippen LogP contribution in [0.1, 0.15) is 25.1 Å². The minimum Gasteiger partial charge on any atom is -0.463 e. The normalized spacial score (nSPS) is 25.0. The lowest BCUT2D eigenvalue weighted by Crippen LogP contribution is -2.33. The van der Waals surface area contributed by atoms with Gasteiger partial charge < -0.3 is 9.47 Å². The first-order chi connectivity index (χ1) is 9.92. The van der Waals surface area contributed by atoms with Gasteiger partial charge in [-0.2, -0.15) is 4.94 Å². The second kappa shape index (κ2) is 6.19. The number of aromatic nitrogens is 2. The molecule has 21 heavy (non-hydrogen) atoms. The van der Waals surface area contributed by atoms with Crippen LogP contribution in [-0.2, 0) is 19.2 Å². The van der Waals surface area contributed by atoms with Crippen molar-refractivity contribution in [2.75, 3.05) is 6.61 Å². The number of ether oxygens (including phenoxy) is 2. The Bertz CT molecular complexity index is 639. The van der Waals surface area contributed by atoms with Gasteiger partial charge >= 0.3 is 11.7 Å². The van der Waals surface area contributed by atoms with Crippen LogP contribution in [0.25, 0.3) is 0 Å². The number of nitrogens with zero attached hydrogens (tertiary/aromatic N) is 1. The number of nitrogens with one attached hydrogen (secondary N) is 1. The minimum absolute atomic E-state index is 0.0494. The van der Waals surface area contributed by atoms with Crippen molar-refractivity contribution in [3.8, 4) is 0 Å². The van der Waals surface area contributed by atoms with E-state index in [1.54, 1.807) is 0 Å². The van der Waals surface area contributed by atoms with E-state index in [0.717, 1.165) is 4.57 Å². The summed E-state index contributed by atoms with van der Waals surface area (Å²) in [5, 5.41) is 0. The van der Waals surface area contributed by atoms with E-state index in [-0.39, 0.29) is 13.0 Å². The molecule has 0 radical (unpaired) electrons. The molecule has 116 valence electrons. The van der Waals surface area contributed by atoms with Crippen molar-refractivity contribution < 1.29 is 23.7 Å². The molecular weight excluding hydrogens is 287 g/mol. The van der Waals surface area contributed by atoms with Crippen LogP contribution in [0, 0.1) is 6.92 Å². The molecular formula is C12H15FN2O6. The van der Waals surface area contributed by atoms with Crippen molar-refractivity contribution >= 4 is 5.97 Å². The Morgan fingerprint density at radius 1 is 1.57 bits per heavy atom. The molecule has 0 aromatic carbocycles. The smallest absolute Gasteiger partial charge is 0.330 e. The molecule has 0 amide bonds. The van der Waals surface area contributed by atoms with Gasteiger partial charge in [0.15, 0.2) is 0 Å². The van der Waals surface area contributed by atoms with Gasteiger partial charge in [0.25, 0.3) is 5.56 Å². The fraction of sp³-hybridized carbons (Fsp3) is 0.583.